The zero-order valence-electron chi connectivity index (χ0n) is 16.9. The van der Waals surface area contributed by atoms with E-state index in [1.807, 2.05) is 19.1 Å². The zero-order valence-corrected chi connectivity index (χ0v) is 16.9. The minimum Gasteiger partial charge on any atom is -0.508 e. The van der Waals surface area contributed by atoms with Crippen molar-refractivity contribution in [2.45, 2.75) is 47.0 Å². The molecule has 0 atom stereocenters. The predicted molar refractivity (Wildman–Crippen MR) is 115 cm³/mol. The second kappa shape index (κ2) is 7.91. The van der Waals surface area contributed by atoms with Gasteiger partial charge in [0, 0.05) is 22.4 Å². The molecule has 142 valence electrons. The number of hydrogen-bond acceptors (Lipinski definition) is 2. The van der Waals surface area contributed by atoms with Crippen LogP contribution >= 0.6 is 0 Å². The van der Waals surface area contributed by atoms with Crippen molar-refractivity contribution in [3.63, 3.8) is 0 Å². The van der Waals surface area contributed by atoms with Crippen LogP contribution in [0, 0.1) is 6.92 Å². The molecule has 0 spiro atoms. The van der Waals surface area contributed by atoms with Gasteiger partial charge < -0.3 is 14.8 Å². The maximum Gasteiger partial charge on any atom is 0.124 e. The molecule has 3 heteroatoms. The Morgan fingerprint density at radius 1 is 1.11 bits per heavy atom. The van der Waals surface area contributed by atoms with Gasteiger partial charge in [-0.3, -0.25) is 0 Å². The van der Waals surface area contributed by atoms with E-state index in [1.54, 1.807) is 13.2 Å². The van der Waals surface area contributed by atoms with Crippen molar-refractivity contribution < 1.29 is 9.84 Å². The van der Waals surface area contributed by atoms with Crippen LogP contribution in [0.1, 0.15) is 44.7 Å². The van der Waals surface area contributed by atoms with Crippen molar-refractivity contribution in [2.75, 3.05) is 7.11 Å². The molecule has 0 unspecified atom stereocenters. The molecule has 0 aliphatic carbocycles. The van der Waals surface area contributed by atoms with E-state index in [4.69, 9.17) is 4.74 Å². The number of nitrogens with one attached hydrogen (secondary N) is 1. The van der Waals surface area contributed by atoms with E-state index in [0.717, 1.165) is 52.6 Å². The summed E-state index contributed by atoms with van der Waals surface area (Å²) in [6.45, 7) is 8.40. The maximum absolute atomic E-state index is 10.1. The van der Waals surface area contributed by atoms with E-state index in [2.05, 4.69) is 44.0 Å². The molecule has 0 saturated heterocycles. The van der Waals surface area contributed by atoms with Crippen LogP contribution in [0.25, 0.3) is 21.8 Å². The van der Waals surface area contributed by atoms with Gasteiger partial charge in [-0.1, -0.05) is 23.3 Å². The molecule has 0 bridgehead atoms. The van der Waals surface area contributed by atoms with Crippen molar-refractivity contribution >= 4 is 21.8 Å². The van der Waals surface area contributed by atoms with Gasteiger partial charge in [0.05, 0.1) is 18.1 Å². The van der Waals surface area contributed by atoms with E-state index in [1.165, 1.54) is 16.5 Å². The standard InChI is InChI=1S/C24H29NO2/c1-15(2)7-6-8-16(3)9-10-19-23(27-5)12-11-18-20-13-17(4)22(26)14-21(20)25-24(18)19/h7,9,11-14,25-26H,6,8,10H2,1-5H3/b16-9+. The Kier molecular flexibility index (Phi) is 5.59. The van der Waals surface area contributed by atoms with Gasteiger partial charge in [0.25, 0.3) is 0 Å². The molecule has 2 N–H and O–H groups in total. The monoisotopic (exact) mass is 363 g/mol. The Morgan fingerprint density at radius 2 is 1.89 bits per heavy atom. The van der Waals surface area contributed by atoms with Gasteiger partial charge in [0.15, 0.2) is 0 Å². The summed E-state index contributed by atoms with van der Waals surface area (Å²) in [4.78, 5) is 3.49. The highest BCUT2D eigenvalue weighted by Crippen LogP contribution is 2.35. The summed E-state index contributed by atoms with van der Waals surface area (Å²) < 4.78 is 5.63. The van der Waals surface area contributed by atoms with Crippen LogP contribution in [0.3, 0.4) is 0 Å². The number of methoxy groups -OCH3 is 1. The molecule has 1 heterocycles. The largest absolute Gasteiger partial charge is 0.508 e. The van der Waals surface area contributed by atoms with Crippen LogP contribution in [-0.4, -0.2) is 17.2 Å². The summed E-state index contributed by atoms with van der Waals surface area (Å²) in [6, 6.07) is 7.99. The van der Waals surface area contributed by atoms with Crippen LogP contribution in [0.5, 0.6) is 11.5 Å². The fourth-order valence-corrected chi connectivity index (χ4v) is 3.51. The highest BCUT2D eigenvalue weighted by Gasteiger charge is 2.13. The number of aromatic nitrogens is 1. The number of allylic oxidation sites excluding steroid dienone is 4. The fraction of sp³-hybridized carbons (Fsp3) is 0.333. The fourth-order valence-electron chi connectivity index (χ4n) is 3.51. The number of aryl methyl sites for hydroxylation is 1. The number of phenolic OH excluding ortho intramolecular Hbond substituents is 1. The lowest BCUT2D eigenvalue weighted by Gasteiger charge is -2.09. The lowest BCUT2D eigenvalue weighted by molar-refractivity contribution is 0.411. The van der Waals surface area contributed by atoms with Gasteiger partial charge in [-0.05, 0) is 70.7 Å². The Morgan fingerprint density at radius 3 is 2.59 bits per heavy atom. The molecule has 0 aliphatic heterocycles. The number of ether oxygens (including phenoxy) is 1. The lowest BCUT2D eigenvalue weighted by Crippen LogP contribution is -1.93. The van der Waals surface area contributed by atoms with Gasteiger partial charge in [-0.25, -0.2) is 0 Å². The normalized spacial score (nSPS) is 12.0. The molecule has 0 radical (unpaired) electrons. The quantitative estimate of drug-likeness (QED) is 0.486. The van der Waals surface area contributed by atoms with Crippen LogP contribution < -0.4 is 4.74 Å². The molecular formula is C24H29NO2. The minimum atomic E-state index is 0.317. The summed E-state index contributed by atoms with van der Waals surface area (Å²) >= 11 is 0. The topological polar surface area (TPSA) is 45.2 Å². The second-order valence-corrected chi connectivity index (χ2v) is 7.55. The van der Waals surface area contributed by atoms with Gasteiger partial charge in [0.2, 0.25) is 0 Å². The molecule has 1 aromatic heterocycles. The zero-order chi connectivity index (χ0) is 19.6. The van der Waals surface area contributed by atoms with Crippen LogP contribution in [-0.2, 0) is 6.42 Å². The molecular weight excluding hydrogens is 334 g/mol. The first-order chi connectivity index (χ1) is 12.9. The van der Waals surface area contributed by atoms with Gasteiger partial charge in [0.1, 0.15) is 11.5 Å². The van der Waals surface area contributed by atoms with Crippen molar-refractivity contribution in [2.24, 2.45) is 0 Å². The first-order valence-electron chi connectivity index (χ1n) is 9.50. The summed E-state index contributed by atoms with van der Waals surface area (Å²) in [6.07, 6.45) is 7.55. The summed E-state index contributed by atoms with van der Waals surface area (Å²) in [5.74, 6) is 1.21. The maximum atomic E-state index is 10.1. The van der Waals surface area contributed by atoms with Gasteiger partial charge in [-0.15, -0.1) is 0 Å². The van der Waals surface area contributed by atoms with Crippen LogP contribution in [0.2, 0.25) is 0 Å². The molecule has 3 aromatic rings. The summed E-state index contributed by atoms with van der Waals surface area (Å²) in [7, 11) is 1.72. The minimum absolute atomic E-state index is 0.317. The van der Waals surface area contributed by atoms with E-state index >= 15 is 0 Å². The first-order valence-corrected chi connectivity index (χ1v) is 9.50. The molecule has 0 fully saturated rings. The third-order valence-electron chi connectivity index (χ3n) is 5.12. The van der Waals surface area contributed by atoms with E-state index in [9.17, 15) is 5.11 Å². The van der Waals surface area contributed by atoms with Crippen molar-refractivity contribution in [3.8, 4) is 11.5 Å². The van der Waals surface area contributed by atoms with Crippen LogP contribution in [0.15, 0.2) is 47.6 Å². The number of fused-ring (bicyclic) bond motifs is 3. The third-order valence-corrected chi connectivity index (χ3v) is 5.12. The number of phenols is 1. The number of H-pyrrole nitrogens is 1. The highest BCUT2D eigenvalue weighted by atomic mass is 16.5. The molecule has 0 amide bonds. The number of aromatic amines is 1. The predicted octanol–water partition coefficient (Wildman–Crippen LogP) is 6.58. The second-order valence-electron chi connectivity index (χ2n) is 7.55. The first kappa shape index (κ1) is 19.1. The third kappa shape index (κ3) is 4.02. The Balaban J connectivity index is 2.01. The SMILES string of the molecule is COc1ccc2c([nH]c3cc(O)c(C)cc32)c1C/C=C(\C)CCC=C(C)C. The van der Waals surface area contributed by atoms with E-state index < -0.39 is 0 Å². The number of hydrogen-bond donors (Lipinski definition) is 2. The molecule has 3 rings (SSSR count). The Hall–Kier alpha value is -2.68. The molecule has 3 nitrogen and oxygen atoms in total. The number of benzene rings is 2. The summed E-state index contributed by atoms with van der Waals surface area (Å²) in [5.41, 5.74) is 6.83. The Labute approximate surface area is 161 Å². The summed E-state index contributed by atoms with van der Waals surface area (Å²) in [5, 5.41) is 12.4. The van der Waals surface area contributed by atoms with Crippen LogP contribution in [0.4, 0.5) is 0 Å². The smallest absolute Gasteiger partial charge is 0.124 e. The lowest BCUT2D eigenvalue weighted by atomic mass is 10.0. The van der Waals surface area contributed by atoms with Gasteiger partial charge in [-0.2, -0.15) is 0 Å². The molecule has 0 saturated carbocycles. The van der Waals surface area contributed by atoms with Crippen molar-refractivity contribution in [1.82, 2.24) is 4.98 Å². The molecule has 2 aromatic carbocycles. The van der Waals surface area contributed by atoms with E-state index in [-0.39, 0.29) is 0 Å². The Bertz CT molecular complexity index is 1030. The molecule has 27 heavy (non-hydrogen) atoms. The van der Waals surface area contributed by atoms with Crippen molar-refractivity contribution in [3.05, 3.63) is 58.7 Å². The van der Waals surface area contributed by atoms with Crippen molar-refractivity contribution in [1.29, 1.82) is 0 Å². The van der Waals surface area contributed by atoms with E-state index in [0.29, 0.717) is 5.75 Å². The highest BCUT2D eigenvalue weighted by molar-refractivity contribution is 6.09. The molecule has 0 aliphatic rings. The average molecular weight is 364 g/mol. The number of aromatic hydroxyl groups is 1. The average Bonchev–Trinajstić information content (AvgIpc) is 2.97. The number of rotatable bonds is 6. The van der Waals surface area contributed by atoms with Gasteiger partial charge >= 0.3 is 0 Å².